The van der Waals surface area contributed by atoms with Crippen molar-refractivity contribution < 1.29 is 4.79 Å². The third kappa shape index (κ3) is 3.30. The van der Waals surface area contributed by atoms with Crippen molar-refractivity contribution in [1.29, 1.82) is 0 Å². The maximum atomic E-state index is 13.3. The van der Waals surface area contributed by atoms with Crippen LogP contribution in [0.1, 0.15) is 22.2 Å². The number of carbonyl (C=O) groups excluding carboxylic acids is 1. The van der Waals surface area contributed by atoms with Gasteiger partial charge in [0.15, 0.2) is 0 Å². The summed E-state index contributed by atoms with van der Waals surface area (Å²) in [5.41, 5.74) is 1.41. The lowest BCUT2D eigenvalue weighted by Gasteiger charge is -2.21. The predicted octanol–water partition coefficient (Wildman–Crippen LogP) is 3.90. The lowest BCUT2D eigenvalue weighted by atomic mass is 10.1. The van der Waals surface area contributed by atoms with Crippen molar-refractivity contribution in [3.8, 4) is 0 Å². The Balaban J connectivity index is 1.50. The zero-order valence-corrected chi connectivity index (χ0v) is 16.9. The molecule has 6 nitrogen and oxygen atoms in total. The Bertz CT molecular complexity index is 1260. The van der Waals surface area contributed by atoms with E-state index in [9.17, 15) is 9.59 Å². The van der Waals surface area contributed by atoms with Crippen LogP contribution in [0.5, 0.6) is 0 Å². The smallest absolute Gasteiger partial charge is 0.265 e. The molecule has 1 aliphatic heterocycles. The van der Waals surface area contributed by atoms with Gasteiger partial charge in [-0.05, 0) is 35.0 Å². The van der Waals surface area contributed by atoms with Crippen molar-refractivity contribution in [2.24, 2.45) is 5.10 Å². The number of hydrogen-bond acceptors (Lipinski definition) is 6. The summed E-state index contributed by atoms with van der Waals surface area (Å²) in [7, 11) is 0. The van der Waals surface area contributed by atoms with E-state index in [0.29, 0.717) is 17.3 Å². The second-order valence-corrected chi connectivity index (χ2v) is 8.61. The van der Waals surface area contributed by atoms with E-state index in [-0.39, 0.29) is 23.9 Å². The van der Waals surface area contributed by atoms with Gasteiger partial charge in [0.2, 0.25) is 5.43 Å². The molecule has 8 heteroatoms. The van der Waals surface area contributed by atoms with Gasteiger partial charge in [-0.3, -0.25) is 14.3 Å². The zero-order chi connectivity index (χ0) is 19.8. The van der Waals surface area contributed by atoms with Crippen LogP contribution in [0.4, 0.5) is 0 Å². The van der Waals surface area contributed by atoms with E-state index < -0.39 is 0 Å². The fourth-order valence-electron chi connectivity index (χ4n) is 3.52. The summed E-state index contributed by atoms with van der Waals surface area (Å²) < 4.78 is 1.57. The first kappa shape index (κ1) is 18.0. The molecule has 144 valence electrons. The quantitative estimate of drug-likeness (QED) is 0.503. The largest absolute Gasteiger partial charge is 0.287 e. The molecule has 4 heterocycles. The molecule has 4 aromatic rings. The van der Waals surface area contributed by atoms with Crippen LogP contribution in [0.25, 0.3) is 10.9 Å². The minimum absolute atomic E-state index is 0.0177. The van der Waals surface area contributed by atoms with Crippen molar-refractivity contribution >= 4 is 45.2 Å². The molecule has 0 bridgehead atoms. The van der Waals surface area contributed by atoms with Gasteiger partial charge >= 0.3 is 0 Å². The Hall–Kier alpha value is -3.10. The Morgan fingerprint density at radius 3 is 2.69 bits per heavy atom. The van der Waals surface area contributed by atoms with Gasteiger partial charge in [0.25, 0.3) is 5.91 Å². The summed E-state index contributed by atoms with van der Waals surface area (Å²) in [6.07, 6.45) is 1.95. The first-order chi connectivity index (χ1) is 14.2. The van der Waals surface area contributed by atoms with Crippen molar-refractivity contribution in [2.45, 2.75) is 19.0 Å². The number of aromatic nitrogens is 2. The first-order valence-corrected chi connectivity index (χ1v) is 10.9. The number of para-hydroxylation sites is 1. The van der Waals surface area contributed by atoms with Crippen molar-refractivity contribution in [2.75, 3.05) is 0 Å². The maximum Gasteiger partial charge on any atom is 0.265 e. The third-order valence-corrected chi connectivity index (χ3v) is 6.78. The van der Waals surface area contributed by atoms with Crippen LogP contribution in [0.3, 0.4) is 0 Å². The minimum Gasteiger partial charge on any atom is -0.287 e. The number of carbonyl (C=O) groups is 1. The van der Waals surface area contributed by atoms with Gasteiger partial charge in [-0.1, -0.05) is 24.3 Å². The van der Waals surface area contributed by atoms with E-state index in [1.165, 1.54) is 6.20 Å². The lowest BCUT2D eigenvalue weighted by Crippen LogP contribution is -2.31. The maximum absolute atomic E-state index is 13.3. The number of hydrogen-bond donors (Lipinski definition) is 0. The monoisotopic (exact) mass is 420 g/mol. The highest BCUT2D eigenvalue weighted by molar-refractivity contribution is 7.12. The number of benzene rings is 1. The molecular weight excluding hydrogens is 404 g/mol. The van der Waals surface area contributed by atoms with E-state index in [1.807, 2.05) is 41.1 Å². The lowest BCUT2D eigenvalue weighted by molar-refractivity contribution is -0.133. The predicted molar refractivity (Wildman–Crippen MR) is 115 cm³/mol. The topological polar surface area (TPSA) is 67.6 Å². The molecule has 29 heavy (non-hydrogen) atoms. The van der Waals surface area contributed by atoms with Crippen LogP contribution in [-0.2, 0) is 11.3 Å². The van der Waals surface area contributed by atoms with Crippen molar-refractivity contribution in [3.63, 3.8) is 0 Å². The van der Waals surface area contributed by atoms with Gasteiger partial charge in [-0.2, -0.15) is 10.2 Å². The molecule has 0 saturated heterocycles. The standard InChI is InChI=1S/C21H16N4O2S2/c26-18-12-22-24(16-6-2-1-5-14(16)18)13-21(27)25-17(20-8-4-10-29-20)11-15(23-25)19-7-3-9-28-19/h1-10,12,17H,11,13H2/t17-/m0/s1. The molecule has 0 saturated carbocycles. The number of nitrogens with zero attached hydrogens (tertiary/aromatic N) is 4. The van der Waals surface area contributed by atoms with E-state index in [1.54, 1.807) is 50.6 Å². The molecule has 1 atom stereocenters. The van der Waals surface area contributed by atoms with Crippen LogP contribution in [0.2, 0.25) is 0 Å². The molecule has 0 unspecified atom stereocenters. The van der Waals surface area contributed by atoms with E-state index in [4.69, 9.17) is 0 Å². The van der Waals surface area contributed by atoms with Crippen LogP contribution >= 0.6 is 22.7 Å². The second-order valence-electron chi connectivity index (χ2n) is 6.68. The molecule has 0 radical (unpaired) electrons. The van der Waals surface area contributed by atoms with Crippen LogP contribution in [0, 0.1) is 0 Å². The zero-order valence-electron chi connectivity index (χ0n) is 15.3. The van der Waals surface area contributed by atoms with E-state index >= 15 is 0 Å². The van der Waals surface area contributed by atoms with Gasteiger partial charge in [-0.15, -0.1) is 22.7 Å². The minimum atomic E-state index is -0.156. The molecular formula is C21H16N4O2S2. The Morgan fingerprint density at radius 1 is 1.07 bits per heavy atom. The number of rotatable bonds is 4. The fourth-order valence-corrected chi connectivity index (χ4v) is 5.05. The number of hydrazone groups is 1. The average molecular weight is 421 g/mol. The molecule has 0 aliphatic carbocycles. The van der Waals surface area contributed by atoms with E-state index in [0.717, 1.165) is 15.5 Å². The summed E-state index contributed by atoms with van der Waals surface area (Å²) in [6.45, 7) is 0.0177. The normalized spacial score (nSPS) is 16.3. The first-order valence-electron chi connectivity index (χ1n) is 9.12. The molecule has 1 amide bonds. The highest BCUT2D eigenvalue weighted by Crippen LogP contribution is 2.36. The second kappa shape index (κ2) is 7.38. The molecule has 1 aromatic carbocycles. The van der Waals surface area contributed by atoms with Crippen LogP contribution in [-0.4, -0.2) is 26.4 Å². The van der Waals surface area contributed by atoms with Gasteiger partial charge in [0, 0.05) is 16.7 Å². The number of amides is 1. The van der Waals surface area contributed by atoms with Gasteiger partial charge in [-0.25, -0.2) is 5.01 Å². The van der Waals surface area contributed by atoms with E-state index in [2.05, 4.69) is 10.2 Å². The van der Waals surface area contributed by atoms with Gasteiger partial charge < -0.3 is 0 Å². The summed E-state index contributed by atoms with van der Waals surface area (Å²) in [4.78, 5) is 27.5. The molecule has 1 aliphatic rings. The third-order valence-electron chi connectivity index (χ3n) is 4.89. The Morgan fingerprint density at radius 2 is 1.90 bits per heavy atom. The van der Waals surface area contributed by atoms with Crippen molar-refractivity contribution in [1.82, 2.24) is 14.8 Å². The number of thiophene rings is 2. The summed E-state index contributed by atoms with van der Waals surface area (Å²) >= 11 is 3.25. The average Bonchev–Trinajstić information content (AvgIpc) is 3.50. The van der Waals surface area contributed by atoms with Crippen LogP contribution < -0.4 is 5.43 Å². The highest BCUT2D eigenvalue weighted by atomic mass is 32.1. The summed E-state index contributed by atoms with van der Waals surface area (Å²) in [6, 6.07) is 15.1. The molecule has 0 spiro atoms. The molecule has 0 N–H and O–H groups in total. The number of fused-ring (bicyclic) bond motifs is 1. The fraction of sp³-hybridized carbons (Fsp3) is 0.143. The van der Waals surface area contributed by atoms with Gasteiger partial charge in [0.05, 0.1) is 28.3 Å². The molecule has 0 fully saturated rings. The Labute approximate surface area is 174 Å². The highest BCUT2D eigenvalue weighted by Gasteiger charge is 2.34. The molecule has 3 aromatic heterocycles. The SMILES string of the molecule is O=C(Cn1ncc(=O)c2ccccc21)N1N=C(c2cccs2)C[C@H]1c1cccs1. The Kier molecular flexibility index (Phi) is 4.57. The summed E-state index contributed by atoms with van der Waals surface area (Å²) in [5, 5.41) is 15.0. The van der Waals surface area contributed by atoms with Gasteiger partial charge in [0.1, 0.15) is 6.54 Å². The van der Waals surface area contributed by atoms with Crippen molar-refractivity contribution in [3.05, 3.63) is 85.5 Å². The summed E-state index contributed by atoms with van der Waals surface area (Å²) in [5.74, 6) is -0.156. The van der Waals surface area contributed by atoms with Crippen LogP contribution in [0.15, 0.2) is 75.4 Å². The molecule has 5 rings (SSSR count).